The third kappa shape index (κ3) is 3.87. The van der Waals surface area contributed by atoms with E-state index in [0.717, 1.165) is 24.7 Å². The molecule has 0 aliphatic carbocycles. The van der Waals surface area contributed by atoms with Crippen LogP contribution in [0.2, 0.25) is 0 Å². The first-order valence-corrected chi connectivity index (χ1v) is 3.74. The van der Waals surface area contributed by atoms with E-state index in [-0.39, 0.29) is 0 Å². The Labute approximate surface area is 66.8 Å². The van der Waals surface area contributed by atoms with Gasteiger partial charge in [0.2, 0.25) is 0 Å². The van der Waals surface area contributed by atoms with Gasteiger partial charge in [-0.25, -0.2) is 0 Å². The molecule has 10 heavy (non-hydrogen) atoms. The third-order valence-electron chi connectivity index (χ3n) is 1.60. The fourth-order valence-electron chi connectivity index (χ4n) is 0.718. The molecule has 0 aliphatic rings. The van der Waals surface area contributed by atoms with Crippen LogP contribution < -0.4 is 0 Å². The summed E-state index contributed by atoms with van der Waals surface area (Å²) < 4.78 is 0. The number of hydrogen-bond acceptors (Lipinski definition) is 0. The Bertz CT molecular complexity index is 138. The van der Waals surface area contributed by atoms with Gasteiger partial charge in [0.25, 0.3) is 0 Å². The van der Waals surface area contributed by atoms with E-state index >= 15 is 0 Å². The van der Waals surface area contributed by atoms with Crippen molar-refractivity contribution >= 4 is 33.0 Å². The van der Waals surface area contributed by atoms with Gasteiger partial charge in [-0.3, -0.25) is 0 Å². The fourth-order valence-corrected chi connectivity index (χ4v) is 0.718. The van der Waals surface area contributed by atoms with Crippen LogP contribution in [0, 0.1) is 0 Å². The molecule has 0 saturated carbocycles. The summed E-state index contributed by atoms with van der Waals surface area (Å²) >= 11 is 0. The molecule has 0 N–H and O–H groups in total. The van der Waals surface area contributed by atoms with E-state index in [2.05, 4.69) is 13.8 Å². The second-order valence-corrected chi connectivity index (χ2v) is 2.37. The SMILES string of the molecule is [B]B=C(CC)CC(=[B])CC. The molecule has 0 rings (SSSR count). The van der Waals surface area contributed by atoms with Gasteiger partial charge in [0.1, 0.15) is 0 Å². The maximum absolute atomic E-state index is 5.65. The molecule has 0 fully saturated rings. The molecule has 0 aromatic heterocycles. The predicted octanol–water partition coefficient (Wildman–Crippen LogP) is 0.497. The molecular formula is C7H12B3. The molecule has 3 radical (unpaired) electrons. The van der Waals surface area contributed by atoms with Gasteiger partial charge < -0.3 is 0 Å². The van der Waals surface area contributed by atoms with E-state index < -0.39 is 0 Å². The van der Waals surface area contributed by atoms with Crippen molar-refractivity contribution in [3.63, 3.8) is 0 Å². The van der Waals surface area contributed by atoms with Gasteiger partial charge in [-0.1, -0.05) is 0 Å². The van der Waals surface area contributed by atoms with Crippen molar-refractivity contribution < 1.29 is 0 Å². The molecule has 0 amide bonds. The molecule has 0 saturated heterocycles. The molecule has 0 spiro atoms. The standard InChI is InChI=1S/C7H12B3/c1-3-6(8)5-7(4-2)10-9/h3-5H2,1-2H3. The van der Waals surface area contributed by atoms with Crippen molar-refractivity contribution in [2.75, 3.05) is 0 Å². The van der Waals surface area contributed by atoms with Crippen molar-refractivity contribution in [3.8, 4) is 0 Å². The van der Waals surface area contributed by atoms with E-state index in [9.17, 15) is 0 Å². The normalized spacial score (nSPS) is 10.7. The summed E-state index contributed by atoms with van der Waals surface area (Å²) in [6.45, 7) is 5.79. The van der Waals surface area contributed by atoms with Crippen LogP contribution in [0.25, 0.3) is 0 Å². The summed E-state index contributed by atoms with van der Waals surface area (Å²) in [7, 11) is 11.0. The molecule has 0 nitrogen and oxygen atoms in total. The van der Waals surface area contributed by atoms with E-state index in [1.165, 1.54) is 5.46 Å². The Balaban J connectivity index is 3.76. The third-order valence-corrected chi connectivity index (χ3v) is 1.60. The Morgan fingerprint density at radius 3 is 2.20 bits per heavy atom. The van der Waals surface area contributed by atoms with Gasteiger partial charge in [0.05, 0.1) is 0 Å². The van der Waals surface area contributed by atoms with E-state index in [4.69, 9.17) is 15.2 Å². The average molecular weight is 129 g/mol. The van der Waals surface area contributed by atoms with Crippen molar-refractivity contribution in [1.29, 1.82) is 0 Å². The summed E-state index contributed by atoms with van der Waals surface area (Å²) in [5.41, 5.74) is 2.23. The molecule has 0 unspecified atom stereocenters. The van der Waals surface area contributed by atoms with Crippen LogP contribution in [0.1, 0.15) is 33.1 Å². The second-order valence-electron chi connectivity index (χ2n) is 2.37. The van der Waals surface area contributed by atoms with Gasteiger partial charge in [-0.05, 0) is 0 Å². The zero-order valence-electron chi connectivity index (χ0n) is 6.85. The van der Waals surface area contributed by atoms with Crippen LogP contribution in [0.5, 0.6) is 0 Å². The Morgan fingerprint density at radius 2 is 1.90 bits per heavy atom. The van der Waals surface area contributed by atoms with Gasteiger partial charge >= 0.3 is 66.1 Å². The van der Waals surface area contributed by atoms with Gasteiger partial charge in [0, 0.05) is 0 Å². The van der Waals surface area contributed by atoms with Gasteiger partial charge in [-0.2, -0.15) is 0 Å². The molecule has 49 valence electrons. The second kappa shape index (κ2) is 5.70. The van der Waals surface area contributed by atoms with Crippen molar-refractivity contribution in [3.05, 3.63) is 0 Å². The van der Waals surface area contributed by atoms with Crippen molar-refractivity contribution in [1.82, 2.24) is 0 Å². The molecule has 0 heterocycles. The zero-order valence-corrected chi connectivity index (χ0v) is 6.85. The molecule has 0 aromatic carbocycles. The minimum absolute atomic E-state index is 0.865. The van der Waals surface area contributed by atoms with E-state index in [1.807, 2.05) is 0 Å². The van der Waals surface area contributed by atoms with Gasteiger partial charge in [-0.15, -0.1) is 0 Å². The van der Waals surface area contributed by atoms with Gasteiger partial charge in [0.15, 0.2) is 0 Å². The first kappa shape index (κ1) is 9.93. The van der Waals surface area contributed by atoms with Crippen LogP contribution in [-0.4, -0.2) is 33.0 Å². The van der Waals surface area contributed by atoms with Crippen LogP contribution in [-0.2, 0) is 0 Å². The quantitative estimate of drug-likeness (QED) is 0.484. The monoisotopic (exact) mass is 129 g/mol. The van der Waals surface area contributed by atoms with Crippen LogP contribution in [0.4, 0.5) is 0 Å². The first-order chi connectivity index (χ1) is 4.74. The zero-order chi connectivity index (χ0) is 7.98. The molecule has 0 atom stereocenters. The molecule has 3 heteroatoms. The van der Waals surface area contributed by atoms with E-state index in [0.29, 0.717) is 0 Å². The minimum atomic E-state index is 0.865. The average Bonchev–Trinajstić information content (AvgIpc) is 1.99. The molecule has 0 aromatic rings. The molecule has 0 aliphatic heterocycles. The Kier molecular flexibility index (Phi) is 5.66. The molecular weight excluding hydrogens is 117 g/mol. The fraction of sp³-hybridized carbons (Fsp3) is 0.714. The number of hydrogen-bond donors (Lipinski definition) is 0. The van der Waals surface area contributed by atoms with E-state index in [1.54, 1.807) is 6.81 Å². The summed E-state index contributed by atoms with van der Waals surface area (Å²) in [5, 5.41) is 0. The van der Waals surface area contributed by atoms with Crippen LogP contribution in [0.3, 0.4) is 0 Å². The summed E-state index contributed by atoms with van der Waals surface area (Å²) in [4.78, 5) is 0. The van der Waals surface area contributed by atoms with Crippen molar-refractivity contribution in [2.45, 2.75) is 33.1 Å². The summed E-state index contributed by atoms with van der Waals surface area (Å²) in [6, 6.07) is 0. The van der Waals surface area contributed by atoms with Crippen LogP contribution >= 0.6 is 0 Å². The maximum atomic E-state index is 5.65. The summed E-state index contributed by atoms with van der Waals surface area (Å²) in [5.74, 6) is 0. The summed E-state index contributed by atoms with van der Waals surface area (Å²) in [6.07, 6.45) is 2.80. The Morgan fingerprint density at radius 1 is 1.30 bits per heavy atom. The van der Waals surface area contributed by atoms with Crippen LogP contribution in [0.15, 0.2) is 0 Å². The van der Waals surface area contributed by atoms with Crippen molar-refractivity contribution in [2.24, 2.45) is 0 Å². The predicted molar refractivity (Wildman–Crippen MR) is 52.5 cm³/mol. The Hall–Kier alpha value is -0.0652. The first-order valence-electron chi connectivity index (χ1n) is 3.74. The molecule has 0 bridgehead atoms. The number of rotatable bonds is 4. The topological polar surface area (TPSA) is 0 Å².